The zero-order valence-corrected chi connectivity index (χ0v) is 8.16. The van der Waals surface area contributed by atoms with Crippen LogP contribution in [0.4, 0.5) is 0 Å². The van der Waals surface area contributed by atoms with Gasteiger partial charge in [0.1, 0.15) is 11.5 Å². The van der Waals surface area contributed by atoms with Crippen molar-refractivity contribution >= 4 is 6.29 Å². The molecule has 14 heavy (non-hydrogen) atoms. The van der Waals surface area contributed by atoms with Crippen LogP contribution in [-0.2, 0) is 6.42 Å². The van der Waals surface area contributed by atoms with Gasteiger partial charge in [0.2, 0.25) is 0 Å². The lowest BCUT2D eigenvalue weighted by molar-refractivity contribution is 0.112. The average molecular weight is 194 g/mol. The van der Waals surface area contributed by atoms with Crippen LogP contribution in [0.25, 0.3) is 0 Å². The smallest absolute Gasteiger partial charge is 0.154 e. The van der Waals surface area contributed by atoms with Crippen LogP contribution in [0.5, 0.6) is 11.5 Å². The average Bonchev–Trinajstić information content (AvgIpc) is 2.14. The van der Waals surface area contributed by atoms with Gasteiger partial charge in [-0.1, -0.05) is 13.3 Å². The predicted octanol–water partition coefficient (Wildman–Crippen LogP) is 2.25. The van der Waals surface area contributed by atoms with Crippen LogP contribution < -0.4 is 0 Å². The van der Waals surface area contributed by atoms with Gasteiger partial charge in [-0.3, -0.25) is 4.79 Å². The number of hydrogen-bond donors (Lipinski definition) is 2. The van der Waals surface area contributed by atoms with Crippen LogP contribution in [0, 0.1) is 0 Å². The molecule has 0 heterocycles. The van der Waals surface area contributed by atoms with Crippen molar-refractivity contribution < 1.29 is 15.0 Å². The van der Waals surface area contributed by atoms with E-state index in [-0.39, 0.29) is 17.1 Å². The number of benzene rings is 1. The number of phenols is 2. The van der Waals surface area contributed by atoms with Gasteiger partial charge in [0, 0.05) is 6.07 Å². The van der Waals surface area contributed by atoms with Crippen molar-refractivity contribution in [3.05, 3.63) is 23.3 Å². The Labute approximate surface area is 83.0 Å². The van der Waals surface area contributed by atoms with E-state index in [1.807, 2.05) is 6.92 Å². The molecule has 0 aliphatic carbocycles. The van der Waals surface area contributed by atoms with Crippen LogP contribution in [0.3, 0.4) is 0 Å². The van der Waals surface area contributed by atoms with Crippen LogP contribution in [0.1, 0.15) is 35.7 Å². The Kier molecular flexibility index (Phi) is 3.51. The van der Waals surface area contributed by atoms with Crippen LogP contribution in [-0.4, -0.2) is 16.5 Å². The maximum Gasteiger partial charge on any atom is 0.154 e. The Morgan fingerprint density at radius 1 is 1.36 bits per heavy atom. The summed E-state index contributed by atoms with van der Waals surface area (Å²) < 4.78 is 0. The number of phenolic OH excluding ortho intramolecular Hbond substituents is 2. The second kappa shape index (κ2) is 4.65. The summed E-state index contributed by atoms with van der Waals surface area (Å²) in [6.07, 6.45) is 3.27. The number of aldehydes is 1. The fourth-order valence-corrected chi connectivity index (χ4v) is 1.39. The van der Waals surface area contributed by atoms with E-state index >= 15 is 0 Å². The maximum absolute atomic E-state index is 10.7. The number of hydrogen-bond acceptors (Lipinski definition) is 3. The number of carbonyl (C=O) groups is 1. The number of aryl methyl sites for hydroxylation is 1. The molecule has 1 aromatic rings. The molecule has 0 spiro atoms. The normalized spacial score (nSPS) is 10.1. The van der Waals surface area contributed by atoms with Crippen LogP contribution in [0.15, 0.2) is 12.1 Å². The summed E-state index contributed by atoms with van der Waals surface area (Å²) in [5.41, 5.74) is 0.996. The lowest BCUT2D eigenvalue weighted by Crippen LogP contribution is -1.93. The molecule has 0 aliphatic rings. The van der Waals surface area contributed by atoms with Gasteiger partial charge in [-0.05, 0) is 24.5 Å². The minimum Gasteiger partial charge on any atom is -0.508 e. The highest BCUT2D eigenvalue weighted by Crippen LogP contribution is 2.26. The SMILES string of the molecule is CCCCc1cc(O)cc(O)c1C=O. The molecule has 0 radical (unpaired) electrons. The second-order valence-electron chi connectivity index (χ2n) is 3.26. The molecule has 0 saturated heterocycles. The number of unbranched alkanes of at least 4 members (excludes halogenated alkanes) is 1. The monoisotopic (exact) mass is 194 g/mol. The highest BCUT2D eigenvalue weighted by atomic mass is 16.3. The largest absolute Gasteiger partial charge is 0.508 e. The van der Waals surface area contributed by atoms with Crippen molar-refractivity contribution in [2.24, 2.45) is 0 Å². The molecular weight excluding hydrogens is 180 g/mol. The third-order valence-electron chi connectivity index (χ3n) is 2.15. The minimum absolute atomic E-state index is 0.000738. The van der Waals surface area contributed by atoms with Gasteiger partial charge < -0.3 is 10.2 Å². The first-order chi connectivity index (χ1) is 6.69. The molecule has 0 aromatic heterocycles. The lowest BCUT2D eigenvalue weighted by atomic mass is 10.0. The van der Waals surface area contributed by atoms with Crippen molar-refractivity contribution in [2.75, 3.05) is 0 Å². The summed E-state index contributed by atoms with van der Waals surface area (Å²) in [6.45, 7) is 2.04. The Bertz CT molecular complexity index is 332. The maximum atomic E-state index is 10.7. The van der Waals surface area contributed by atoms with Crippen molar-refractivity contribution in [1.29, 1.82) is 0 Å². The zero-order valence-electron chi connectivity index (χ0n) is 8.16. The summed E-state index contributed by atoms with van der Waals surface area (Å²) in [5.74, 6) is -0.148. The number of aromatic hydroxyl groups is 2. The molecule has 0 amide bonds. The molecule has 3 heteroatoms. The summed E-state index contributed by atoms with van der Waals surface area (Å²) in [5, 5.41) is 18.6. The topological polar surface area (TPSA) is 57.5 Å². The molecule has 0 atom stereocenters. The van der Waals surface area contributed by atoms with E-state index in [2.05, 4.69) is 0 Å². The predicted molar refractivity (Wildman–Crippen MR) is 53.8 cm³/mol. The number of rotatable bonds is 4. The van der Waals surface area contributed by atoms with Crippen molar-refractivity contribution in [2.45, 2.75) is 26.2 Å². The van der Waals surface area contributed by atoms with E-state index in [1.165, 1.54) is 12.1 Å². The standard InChI is InChI=1S/C11H14O3/c1-2-3-4-8-5-9(13)6-11(14)10(8)7-12/h5-7,13-14H,2-4H2,1H3. The van der Waals surface area contributed by atoms with E-state index in [4.69, 9.17) is 0 Å². The van der Waals surface area contributed by atoms with E-state index in [0.717, 1.165) is 12.8 Å². The van der Waals surface area contributed by atoms with Crippen molar-refractivity contribution in [1.82, 2.24) is 0 Å². The molecule has 0 fully saturated rings. The molecule has 1 aromatic carbocycles. The molecule has 0 unspecified atom stereocenters. The van der Waals surface area contributed by atoms with Gasteiger partial charge in [0.05, 0.1) is 5.56 Å². The summed E-state index contributed by atoms with van der Waals surface area (Å²) in [7, 11) is 0. The Morgan fingerprint density at radius 3 is 2.64 bits per heavy atom. The fraction of sp³-hybridized carbons (Fsp3) is 0.364. The Balaban J connectivity index is 3.05. The minimum atomic E-state index is -0.147. The molecule has 0 bridgehead atoms. The van der Waals surface area contributed by atoms with Gasteiger partial charge >= 0.3 is 0 Å². The molecule has 1 rings (SSSR count). The molecule has 0 saturated carbocycles. The lowest BCUT2D eigenvalue weighted by Gasteiger charge is -2.06. The molecule has 3 nitrogen and oxygen atoms in total. The zero-order chi connectivity index (χ0) is 10.6. The molecule has 0 aliphatic heterocycles. The quantitative estimate of drug-likeness (QED) is 0.723. The summed E-state index contributed by atoms with van der Waals surface area (Å²) >= 11 is 0. The van der Waals surface area contributed by atoms with Crippen LogP contribution in [0.2, 0.25) is 0 Å². The van der Waals surface area contributed by atoms with Gasteiger partial charge in [-0.2, -0.15) is 0 Å². The van der Waals surface area contributed by atoms with Gasteiger partial charge in [-0.25, -0.2) is 0 Å². The van der Waals surface area contributed by atoms with Crippen molar-refractivity contribution in [3.63, 3.8) is 0 Å². The first kappa shape index (κ1) is 10.6. The fourth-order valence-electron chi connectivity index (χ4n) is 1.39. The van der Waals surface area contributed by atoms with Gasteiger partial charge in [0.15, 0.2) is 6.29 Å². The van der Waals surface area contributed by atoms with E-state index < -0.39 is 0 Å². The highest BCUT2D eigenvalue weighted by Gasteiger charge is 2.08. The third kappa shape index (κ3) is 2.25. The second-order valence-corrected chi connectivity index (χ2v) is 3.26. The van der Waals surface area contributed by atoms with Crippen molar-refractivity contribution in [3.8, 4) is 11.5 Å². The van der Waals surface area contributed by atoms with Gasteiger partial charge in [-0.15, -0.1) is 0 Å². The third-order valence-corrected chi connectivity index (χ3v) is 2.15. The molecule has 76 valence electrons. The number of carbonyl (C=O) groups excluding carboxylic acids is 1. The van der Waals surface area contributed by atoms with E-state index in [1.54, 1.807) is 0 Å². The summed E-state index contributed by atoms with van der Waals surface area (Å²) in [4.78, 5) is 10.7. The Morgan fingerprint density at radius 2 is 2.07 bits per heavy atom. The van der Waals surface area contributed by atoms with Gasteiger partial charge in [0.25, 0.3) is 0 Å². The summed E-state index contributed by atoms with van der Waals surface area (Å²) in [6, 6.07) is 2.71. The highest BCUT2D eigenvalue weighted by molar-refractivity contribution is 5.82. The van der Waals surface area contributed by atoms with Crippen LogP contribution >= 0.6 is 0 Å². The van der Waals surface area contributed by atoms with E-state index in [0.29, 0.717) is 18.3 Å². The molecular formula is C11H14O3. The first-order valence-electron chi connectivity index (χ1n) is 4.69. The van der Waals surface area contributed by atoms with E-state index in [9.17, 15) is 15.0 Å². The Hall–Kier alpha value is -1.51. The first-order valence-corrected chi connectivity index (χ1v) is 4.69. The molecule has 2 N–H and O–H groups in total.